The minimum atomic E-state index is -0.284. The van der Waals surface area contributed by atoms with E-state index in [9.17, 15) is 10.1 Å². The quantitative estimate of drug-likeness (QED) is 0.573. The SMILES string of the molecule is CCOC(=O)CSc1nc(N2CCOCC2)c2c(c1C#N)CC(C)(C)[NH+](C)C2. The molecule has 1 aromatic heterocycles. The molecule has 0 aliphatic carbocycles. The molecule has 3 rings (SSSR count). The predicted molar refractivity (Wildman–Crippen MR) is 108 cm³/mol. The smallest absolute Gasteiger partial charge is 0.316 e. The van der Waals surface area contributed by atoms with Crippen molar-refractivity contribution in [2.75, 3.05) is 50.6 Å². The summed E-state index contributed by atoms with van der Waals surface area (Å²) >= 11 is 1.30. The van der Waals surface area contributed by atoms with Gasteiger partial charge in [-0.05, 0) is 26.3 Å². The van der Waals surface area contributed by atoms with E-state index in [0.29, 0.717) is 30.4 Å². The second-order valence-electron chi connectivity index (χ2n) is 7.90. The van der Waals surface area contributed by atoms with Crippen LogP contribution in [0.5, 0.6) is 0 Å². The fourth-order valence-electron chi connectivity index (χ4n) is 3.70. The number of carbonyl (C=O) groups is 1. The Kier molecular flexibility index (Phi) is 6.48. The number of anilines is 1. The van der Waals surface area contributed by atoms with Gasteiger partial charge in [0.25, 0.3) is 0 Å². The maximum absolute atomic E-state index is 11.9. The van der Waals surface area contributed by atoms with Gasteiger partial charge in [0, 0.05) is 19.5 Å². The lowest BCUT2D eigenvalue weighted by molar-refractivity contribution is -0.945. The molecule has 0 radical (unpaired) electrons. The minimum Gasteiger partial charge on any atom is -0.465 e. The van der Waals surface area contributed by atoms with Gasteiger partial charge in [0.05, 0.1) is 49.3 Å². The average Bonchev–Trinajstić information content (AvgIpc) is 2.67. The molecule has 2 aliphatic heterocycles. The van der Waals surface area contributed by atoms with Gasteiger partial charge in [-0.3, -0.25) is 4.79 Å². The Morgan fingerprint density at radius 1 is 1.39 bits per heavy atom. The van der Waals surface area contributed by atoms with E-state index in [4.69, 9.17) is 14.5 Å². The van der Waals surface area contributed by atoms with Gasteiger partial charge in [-0.15, -0.1) is 0 Å². The molecule has 0 saturated carbocycles. The molecule has 1 saturated heterocycles. The van der Waals surface area contributed by atoms with Gasteiger partial charge >= 0.3 is 5.97 Å². The molecule has 0 bridgehead atoms. The molecule has 28 heavy (non-hydrogen) atoms. The van der Waals surface area contributed by atoms with Gasteiger partial charge in [-0.1, -0.05) is 11.8 Å². The highest BCUT2D eigenvalue weighted by Crippen LogP contribution is 2.35. The Hall–Kier alpha value is -1.82. The molecule has 1 fully saturated rings. The lowest BCUT2D eigenvalue weighted by atomic mass is 9.84. The number of morpholine rings is 1. The van der Waals surface area contributed by atoms with Crippen molar-refractivity contribution in [2.24, 2.45) is 0 Å². The molecular weight excluding hydrogens is 376 g/mol. The van der Waals surface area contributed by atoms with Gasteiger partial charge in [-0.25, -0.2) is 4.98 Å². The fraction of sp³-hybridized carbons (Fsp3) is 0.650. The number of fused-ring (bicyclic) bond motifs is 1. The van der Waals surface area contributed by atoms with Crippen molar-refractivity contribution < 1.29 is 19.2 Å². The standard InChI is InChI=1S/C20H28N4O3S/c1-5-27-17(25)13-28-19-15(11-21)14-10-20(2,3)23(4)12-16(14)18(22-19)24-6-8-26-9-7-24/h5-10,12-13H2,1-4H3/p+1. The van der Waals surface area contributed by atoms with E-state index in [0.717, 1.165) is 43.0 Å². The summed E-state index contributed by atoms with van der Waals surface area (Å²) in [5.41, 5.74) is 2.89. The summed E-state index contributed by atoms with van der Waals surface area (Å²) in [6, 6.07) is 2.37. The molecule has 8 heteroatoms. The molecule has 0 spiro atoms. The number of quaternary nitrogens is 1. The lowest BCUT2D eigenvalue weighted by Crippen LogP contribution is -3.16. The predicted octanol–water partition coefficient (Wildman–Crippen LogP) is 0.794. The van der Waals surface area contributed by atoms with Crippen molar-refractivity contribution >= 4 is 23.5 Å². The number of pyridine rings is 1. The number of likely N-dealkylation sites (N-methyl/N-ethyl adjacent to an activating group) is 1. The first kappa shape index (κ1) is 20.9. The zero-order valence-electron chi connectivity index (χ0n) is 17.1. The highest BCUT2D eigenvalue weighted by molar-refractivity contribution is 7.99. The van der Waals surface area contributed by atoms with Crippen molar-refractivity contribution in [3.63, 3.8) is 0 Å². The zero-order chi connectivity index (χ0) is 20.3. The molecule has 3 heterocycles. The van der Waals surface area contributed by atoms with Crippen LogP contribution in [0.15, 0.2) is 5.03 Å². The van der Waals surface area contributed by atoms with Crippen LogP contribution in [0.25, 0.3) is 0 Å². The van der Waals surface area contributed by atoms with E-state index in [2.05, 4.69) is 31.9 Å². The Balaban J connectivity index is 2.05. The maximum Gasteiger partial charge on any atom is 0.316 e. The van der Waals surface area contributed by atoms with E-state index in [1.54, 1.807) is 6.92 Å². The second-order valence-corrected chi connectivity index (χ2v) is 8.86. The summed E-state index contributed by atoms with van der Waals surface area (Å²) in [5.74, 6) is 0.817. The molecule has 152 valence electrons. The van der Waals surface area contributed by atoms with E-state index in [-0.39, 0.29) is 17.3 Å². The maximum atomic E-state index is 11.9. The van der Waals surface area contributed by atoms with Crippen LogP contribution >= 0.6 is 11.8 Å². The van der Waals surface area contributed by atoms with E-state index in [1.807, 2.05) is 0 Å². The average molecular weight is 406 g/mol. The van der Waals surface area contributed by atoms with Crippen LogP contribution in [-0.2, 0) is 27.2 Å². The van der Waals surface area contributed by atoms with Crippen LogP contribution in [0.1, 0.15) is 37.5 Å². The van der Waals surface area contributed by atoms with Crippen LogP contribution < -0.4 is 9.80 Å². The van der Waals surface area contributed by atoms with E-state index in [1.165, 1.54) is 16.7 Å². The number of hydrogen-bond acceptors (Lipinski definition) is 7. The summed E-state index contributed by atoms with van der Waals surface area (Å²) in [6.07, 6.45) is 0.809. The normalized spacial score (nSPS) is 21.0. The molecule has 2 aliphatic rings. The lowest BCUT2D eigenvalue weighted by Gasteiger charge is -2.40. The first-order valence-electron chi connectivity index (χ1n) is 9.77. The van der Waals surface area contributed by atoms with E-state index >= 15 is 0 Å². The number of aromatic nitrogens is 1. The molecule has 0 amide bonds. The van der Waals surface area contributed by atoms with Crippen molar-refractivity contribution in [3.8, 4) is 6.07 Å². The van der Waals surface area contributed by atoms with Crippen LogP contribution in [0, 0.1) is 11.3 Å². The first-order valence-corrected chi connectivity index (χ1v) is 10.8. The third kappa shape index (κ3) is 4.27. The number of hydrogen-bond donors (Lipinski definition) is 1. The van der Waals surface area contributed by atoms with Crippen molar-refractivity contribution in [2.45, 2.75) is 44.3 Å². The number of carbonyl (C=O) groups excluding carboxylic acids is 1. The number of nitrogens with one attached hydrogen (secondary N) is 1. The molecule has 1 N–H and O–H groups in total. The van der Waals surface area contributed by atoms with Gasteiger partial charge in [0.15, 0.2) is 0 Å². The molecule has 1 aromatic rings. The number of ether oxygens (including phenoxy) is 2. The third-order valence-electron chi connectivity index (χ3n) is 5.63. The topological polar surface area (TPSA) is 79.9 Å². The van der Waals surface area contributed by atoms with Gasteiger partial charge in [0.2, 0.25) is 0 Å². The summed E-state index contributed by atoms with van der Waals surface area (Å²) < 4.78 is 10.5. The Bertz CT molecular complexity index is 785. The number of nitrogens with zero attached hydrogens (tertiary/aromatic N) is 3. The second kappa shape index (κ2) is 8.68. The monoisotopic (exact) mass is 405 g/mol. The molecule has 7 nitrogen and oxygen atoms in total. The third-order valence-corrected chi connectivity index (χ3v) is 6.58. The summed E-state index contributed by atoms with van der Waals surface area (Å²) in [4.78, 5) is 20.4. The van der Waals surface area contributed by atoms with Gasteiger partial charge < -0.3 is 19.3 Å². The summed E-state index contributed by atoms with van der Waals surface area (Å²) in [6.45, 7) is 10.4. The van der Waals surface area contributed by atoms with Gasteiger partial charge in [0.1, 0.15) is 23.5 Å². The van der Waals surface area contributed by atoms with Gasteiger partial charge in [-0.2, -0.15) is 5.26 Å². The Morgan fingerprint density at radius 2 is 2.11 bits per heavy atom. The van der Waals surface area contributed by atoms with E-state index < -0.39 is 0 Å². The molecule has 0 aromatic carbocycles. The fourth-order valence-corrected chi connectivity index (χ4v) is 4.50. The minimum absolute atomic E-state index is 0.0330. The number of rotatable bonds is 5. The molecule has 1 unspecified atom stereocenters. The summed E-state index contributed by atoms with van der Waals surface area (Å²) in [5, 5.41) is 10.6. The highest BCUT2D eigenvalue weighted by Gasteiger charge is 2.39. The number of esters is 1. The Labute approximate surface area is 171 Å². The van der Waals surface area contributed by atoms with Crippen molar-refractivity contribution in [3.05, 3.63) is 16.7 Å². The van der Waals surface area contributed by atoms with Crippen LogP contribution in [0.2, 0.25) is 0 Å². The largest absolute Gasteiger partial charge is 0.465 e. The number of thioether (sulfide) groups is 1. The van der Waals surface area contributed by atoms with Crippen LogP contribution in [0.3, 0.4) is 0 Å². The molecule has 1 atom stereocenters. The number of nitriles is 1. The summed E-state index contributed by atoms with van der Waals surface area (Å²) in [7, 11) is 2.20. The zero-order valence-corrected chi connectivity index (χ0v) is 17.9. The van der Waals surface area contributed by atoms with Crippen LogP contribution in [-0.4, -0.2) is 62.2 Å². The van der Waals surface area contributed by atoms with Crippen molar-refractivity contribution in [1.29, 1.82) is 5.26 Å². The Morgan fingerprint density at radius 3 is 2.75 bits per heavy atom. The van der Waals surface area contributed by atoms with Crippen molar-refractivity contribution in [1.82, 2.24) is 4.98 Å². The highest BCUT2D eigenvalue weighted by atomic mass is 32.2. The first-order chi connectivity index (χ1) is 13.4. The molecular formula is C20H29N4O3S+. The van der Waals surface area contributed by atoms with Crippen LogP contribution in [0.4, 0.5) is 5.82 Å².